The Morgan fingerprint density at radius 2 is 2.05 bits per heavy atom. The van der Waals surface area contributed by atoms with Gasteiger partial charge in [0.2, 0.25) is 0 Å². The Balaban J connectivity index is 1.88. The minimum absolute atomic E-state index is 0.378. The first-order valence-electron chi connectivity index (χ1n) is 7.24. The highest BCUT2D eigenvalue weighted by atomic mass is 16.5. The minimum atomic E-state index is 0.378. The molecule has 1 N–H and O–H groups in total. The van der Waals surface area contributed by atoms with Crippen LogP contribution in [0.5, 0.6) is 5.75 Å². The second-order valence-electron chi connectivity index (χ2n) is 5.47. The van der Waals surface area contributed by atoms with Crippen LogP contribution >= 0.6 is 0 Å². The molecule has 0 fully saturated rings. The quantitative estimate of drug-likeness (QED) is 0.896. The molecular formula is C18H21NO. The van der Waals surface area contributed by atoms with Crippen molar-refractivity contribution in [3.63, 3.8) is 0 Å². The molecule has 2 heteroatoms. The molecule has 1 atom stereocenters. The zero-order chi connectivity index (χ0) is 14.1. The average molecular weight is 267 g/mol. The SMILES string of the molecule is CCc1ccc2c(c1)CC(c1ccc(OC)cc1C)N2. The molecule has 1 unspecified atom stereocenters. The second-order valence-corrected chi connectivity index (χ2v) is 5.47. The summed E-state index contributed by atoms with van der Waals surface area (Å²) in [6.45, 7) is 4.36. The van der Waals surface area contributed by atoms with Gasteiger partial charge in [-0.15, -0.1) is 0 Å². The number of aryl methyl sites for hydroxylation is 2. The normalized spacial score (nSPS) is 16.6. The predicted octanol–water partition coefficient (Wildman–Crippen LogP) is 4.28. The number of hydrogen-bond donors (Lipinski definition) is 1. The number of anilines is 1. The number of methoxy groups -OCH3 is 1. The van der Waals surface area contributed by atoms with Gasteiger partial charge in [0.1, 0.15) is 5.75 Å². The van der Waals surface area contributed by atoms with Crippen molar-refractivity contribution in [1.29, 1.82) is 0 Å². The topological polar surface area (TPSA) is 21.3 Å². The molecule has 0 amide bonds. The fourth-order valence-corrected chi connectivity index (χ4v) is 2.99. The first kappa shape index (κ1) is 13.0. The van der Waals surface area contributed by atoms with Crippen LogP contribution in [0.1, 0.15) is 35.2 Å². The molecule has 3 rings (SSSR count). The summed E-state index contributed by atoms with van der Waals surface area (Å²) in [5, 5.41) is 3.64. The number of fused-ring (bicyclic) bond motifs is 1. The van der Waals surface area contributed by atoms with E-state index in [2.05, 4.69) is 49.5 Å². The van der Waals surface area contributed by atoms with Crippen LogP contribution in [-0.4, -0.2) is 7.11 Å². The number of hydrogen-bond acceptors (Lipinski definition) is 2. The first-order valence-corrected chi connectivity index (χ1v) is 7.24. The number of nitrogens with one attached hydrogen (secondary N) is 1. The largest absolute Gasteiger partial charge is 0.497 e. The molecule has 2 aromatic carbocycles. The maximum Gasteiger partial charge on any atom is 0.119 e. The molecule has 1 aliphatic heterocycles. The van der Waals surface area contributed by atoms with Crippen molar-refractivity contribution in [3.8, 4) is 5.75 Å². The van der Waals surface area contributed by atoms with Gasteiger partial charge in [0, 0.05) is 5.69 Å². The van der Waals surface area contributed by atoms with Crippen LogP contribution in [0.3, 0.4) is 0 Å². The summed E-state index contributed by atoms with van der Waals surface area (Å²) in [6.07, 6.45) is 2.16. The lowest BCUT2D eigenvalue weighted by Gasteiger charge is -2.15. The molecule has 2 nitrogen and oxygen atoms in total. The van der Waals surface area contributed by atoms with Crippen LogP contribution in [-0.2, 0) is 12.8 Å². The van der Waals surface area contributed by atoms with Gasteiger partial charge in [0.15, 0.2) is 0 Å². The summed E-state index contributed by atoms with van der Waals surface area (Å²) in [7, 11) is 1.71. The first-order chi connectivity index (χ1) is 9.71. The lowest BCUT2D eigenvalue weighted by molar-refractivity contribution is 0.414. The van der Waals surface area contributed by atoms with Crippen molar-refractivity contribution in [1.82, 2.24) is 0 Å². The summed E-state index contributed by atoms with van der Waals surface area (Å²) < 4.78 is 5.28. The minimum Gasteiger partial charge on any atom is -0.497 e. The van der Waals surface area contributed by atoms with E-state index in [1.165, 1.54) is 27.9 Å². The van der Waals surface area contributed by atoms with Gasteiger partial charge in [-0.3, -0.25) is 0 Å². The average Bonchev–Trinajstić information content (AvgIpc) is 2.89. The third kappa shape index (κ3) is 2.26. The zero-order valence-corrected chi connectivity index (χ0v) is 12.4. The Hall–Kier alpha value is -1.96. The molecule has 0 saturated carbocycles. The Labute approximate surface area is 120 Å². The Kier molecular flexibility index (Phi) is 3.39. The van der Waals surface area contributed by atoms with E-state index in [1.54, 1.807) is 7.11 Å². The van der Waals surface area contributed by atoms with Gasteiger partial charge in [-0.05, 0) is 60.2 Å². The van der Waals surface area contributed by atoms with E-state index >= 15 is 0 Å². The van der Waals surface area contributed by atoms with E-state index in [4.69, 9.17) is 4.74 Å². The van der Waals surface area contributed by atoms with Crippen molar-refractivity contribution < 1.29 is 4.74 Å². The van der Waals surface area contributed by atoms with Crippen molar-refractivity contribution >= 4 is 5.69 Å². The second kappa shape index (κ2) is 5.20. The maximum absolute atomic E-state index is 5.28. The lowest BCUT2D eigenvalue weighted by Crippen LogP contribution is -2.07. The van der Waals surface area contributed by atoms with Gasteiger partial charge < -0.3 is 10.1 Å². The molecule has 0 radical (unpaired) electrons. The molecule has 1 aliphatic rings. The highest BCUT2D eigenvalue weighted by Crippen LogP contribution is 2.36. The van der Waals surface area contributed by atoms with E-state index in [0.29, 0.717) is 6.04 Å². The van der Waals surface area contributed by atoms with Crippen LogP contribution < -0.4 is 10.1 Å². The van der Waals surface area contributed by atoms with Crippen molar-refractivity contribution in [2.75, 3.05) is 12.4 Å². The molecule has 0 bridgehead atoms. The Bertz CT molecular complexity index is 633. The highest BCUT2D eigenvalue weighted by Gasteiger charge is 2.23. The van der Waals surface area contributed by atoms with E-state index in [1.807, 2.05) is 6.07 Å². The monoisotopic (exact) mass is 267 g/mol. The van der Waals surface area contributed by atoms with Crippen molar-refractivity contribution in [2.45, 2.75) is 32.7 Å². The van der Waals surface area contributed by atoms with Crippen LogP contribution in [0.2, 0.25) is 0 Å². The van der Waals surface area contributed by atoms with E-state index in [-0.39, 0.29) is 0 Å². The molecule has 0 spiro atoms. The fraction of sp³-hybridized carbons (Fsp3) is 0.333. The van der Waals surface area contributed by atoms with Crippen LogP contribution in [0, 0.1) is 6.92 Å². The number of rotatable bonds is 3. The third-order valence-corrected chi connectivity index (χ3v) is 4.18. The van der Waals surface area contributed by atoms with Crippen molar-refractivity contribution in [3.05, 3.63) is 58.7 Å². The molecule has 2 aromatic rings. The zero-order valence-electron chi connectivity index (χ0n) is 12.4. The fourth-order valence-electron chi connectivity index (χ4n) is 2.99. The third-order valence-electron chi connectivity index (χ3n) is 4.18. The molecule has 1 heterocycles. The van der Waals surface area contributed by atoms with E-state index in [0.717, 1.165) is 18.6 Å². The summed E-state index contributed by atoms with van der Waals surface area (Å²) >= 11 is 0. The van der Waals surface area contributed by atoms with Crippen LogP contribution in [0.4, 0.5) is 5.69 Å². The van der Waals surface area contributed by atoms with Crippen LogP contribution in [0.25, 0.3) is 0 Å². The number of ether oxygens (including phenoxy) is 1. The smallest absolute Gasteiger partial charge is 0.119 e. The van der Waals surface area contributed by atoms with E-state index in [9.17, 15) is 0 Å². The van der Waals surface area contributed by atoms with E-state index < -0.39 is 0 Å². The van der Waals surface area contributed by atoms with Crippen molar-refractivity contribution in [2.24, 2.45) is 0 Å². The Morgan fingerprint density at radius 3 is 2.75 bits per heavy atom. The standard InChI is InChI=1S/C18H21NO/c1-4-13-5-8-17-14(10-13)11-18(19-17)16-7-6-15(20-3)9-12(16)2/h5-10,18-19H,4,11H2,1-3H3. The van der Waals surface area contributed by atoms with Gasteiger partial charge in [0.25, 0.3) is 0 Å². The molecule has 20 heavy (non-hydrogen) atoms. The van der Waals surface area contributed by atoms with Gasteiger partial charge in [-0.25, -0.2) is 0 Å². The molecule has 0 aliphatic carbocycles. The van der Waals surface area contributed by atoms with Gasteiger partial charge in [0.05, 0.1) is 13.2 Å². The number of benzene rings is 2. The summed E-state index contributed by atoms with van der Waals surface area (Å²) in [6, 6.07) is 13.5. The molecule has 0 saturated heterocycles. The molecule has 0 aromatic heterocycles. The van der Waals surface area contributed by atoms with Crippen LogP contribution in [0.15, 0.2) is 36.4 Å². The highest BCUT2D eigenvalue weighted by molar-refractivity contribution is 5.60. The predicted molar refractivity (Wildman–Crippen MR) is 83.6 cm³/mol. The molecule has 104 valence electrons. The Morgan fingerprint density at radius 1 is 1.20 bits per heavy atom. The summed E-state index contributed by atoms with van der Waals surface area (Å²) in [4.78, 5) is 0. The van der Waals surface area contributed by atoms with Gasteiger partial charge in [-0.1, -0.05) is 25.1 Å². The summed E-state index contributed by atoms with van der Waals surface area (Å²) in [5.41, 5.74) is 6.77. The van der Waals surface area contributed by atoms with Gasteiger partial charge >= 0.3 is 0 Å². The summed E-state index contributed by atoms with van der Waals surface area (Å²) in [5.74, 6) is 0.926. The van der Waals surface area contributed by atoms with Gasteiger partial charge in [-0.2, -0.15) is 0 Å². The lowest BCUT2D eigenvalue weighted by atomic mass is 9.97. The molecular weight excluding hydrogens is 246 g/mol. The maximum atomic E-state index is 5.28.